The van der Waals surface area contributed by atoms with E-state index in [1.807, 2.05) is 36.1 Å². The van der Waals surface area contributed by atoms with Crippen LogP contribution in [0.5, 0.6) is 0 Å². The SMILES string of the molecule is CCn1cc(-c2ccnn2C)c(=O)c2cc(NC3Cc4ccccc4C3)cnc21. The molecule has 0 atom stereocenters. The Bertz CT molecular complexity index is 1240. The first kappa shape index (κ1) is 17.7. The van der Waals surface area contributed by atoms with Gasteiger partial charge in [0.1, 0.15) is 5.65 Å². The third-order valence-electron chi connectivity index (χ3n) is 5.77. The Morgan fingerprint density at radius 2 is 1.93 bits per heavy atom. The van der Waals surface area contributed by atoms with Gasteiger partial charge < -0.3 is 9.88 Å². The number of hydrogen-bond donors (Lipinski definition) is 1. The molecule has 1 aromatic carbocycles. The van der Waals surface area contributed by atoms with E-state index in [-0.39, 0.29) is 5.43 Å². The molecule has 0 fully saturated rings. The summed E-state index contributed by atoms with van der Waals surface area (Å²) in [5, 5.41) is 8.43. The first-order valence-electron chi connectivity index (χ1n) is 9.99. The van der Waals surface area contributed by atoms with Crippen molar-refractivity contribution in [3.05, 3.63) is 76.3 Å². The van der Waals surface area contributed by atoms with Crippen molar-refractivity contribution < 1.29 is 0 Å². The van der Waals surface area contributed by atoms with Gasteiger partial charge in [0.15, 0.2) is 5.43 Å². The number of anilines is 1. The normalized spacial score (nSPS) is 13.7. The van der Waals surface area contributed by atoms with Gasteiger partial charge in [0.25, 0.3) is 0 Å². The van der Waals surface area contributed by atoms with Gasteiger partial charge in [0.05, 0.1) is 28.5 Å². The second-order valence-electron chi connectivity index (χ2n) is 7.61. The smallest absolute Gasteiger partial charge is 0.200 e. The van der Waals surface area contributed by atoms with E-state index < -0.39 is 0 Å². The highest BCUT2D eigenvalue weighted by Crippen LogP contribution is 2.26. The lowest BCUT2D eigenvalue weighted by molar-refractivity contribution is 0.760. The average molecular weight is 385 g/mol. The molecule has 6 nitrogen and oxygen atoms in total. The van der Waals surface area contributed by atoms with E-state index in [1.54, 1.807) is 10.9 Å². The zero-order chi connectivity index (χ0) is 20.0. The lowest BCUT2D eigenvalue weighted by Gasteiger charge is -2.15. The summed E-state index contributed by atoms with van der Waals surface area (Å²) < 4.78 is 3.75. The molecule has 0 aliphatic heterocycles. The maximum absolute atomic E-state index is 13.3. The highest BCUT2D eigenvalue weighted by atomic mass is 16.1. The zero-order valence-electron chi connectivity index (χ0n) is 16.6. The molecule has 3 heterocycles. The van der Waals surface area contributed by atoms with Crippen molar-refractivity contribution in [2.45, 2.75) is 32.4 Å². The number of aromatic nitrogens is 4. The fraction of sp³-hybridized carbons (Fsp3) is 0.261. The Morgan fingerprint density at radius 1 is 1.17 bits per heavy atom. The van der Waals surface area contributed by atoms with Gasteiger partial charge in [0.2, 0.25) is 0 Å². The van der Waals surface area contributed by atoms with E-state index in [0.717, 1.165) is 30.8 Å². The van der Waals surface area contributed by atoms with E-state index in [2.05, 4.69) is 46.6 Å². The van der Waals surface area contributed by atoms with Gasteiger partial charge in [-0.05, 0) is 43.0 Å². The lowest BCUT2D eigenvalue weighted by atomic mass is 10.1. The van der Waals surface area contributed by atoms with Gasteiger partial charge >= 0.3 is 0 Å². The summed E-state index contributed by atoms with van der Waals surface area (Å²) in [5.41, 5.74) is 5.83. The minimum Gasteiger partial charge on any atom is -0.380 e. The van der Waals surface area contributed by atoms with Crippen molar-refractivity contribution in [2.24, 2.45) is 7.05 Å². The second-order valence-corrected chi connectivity index (χ2v) is 7.61. The fourth-order valence-corrected chi connectivity index (χ4v) is 4.31. The molecule has 1 aliphatic carbocycles. The first-order chi connectivity index (χ1) is 14.1. The van der Waals surface area contributed by atoms with Crippen LogP contribution in [0.15, 0.2) is 59.8 Å². The van der Waals surface area contributed by atoms with Crippen molar-refractivity contribution >= 4 is 16.7 Å². The van der Waals surface area contributed by atoms with E-state index in [0.29, 0.717) is 22.6 Å². The average Bonchev–Trinajstić information content (AvgIpc) is 3.34. The molecule has 0 bridgehead atoms. The Kier molecular flexibility index (Phi) is 4.19. The minimum absolute atomic E-state index is 0.0147. The van der Waals surface area contributed by atoms with Gasteiger partial charge in [-0.25, -0.2) is 4.98 Å². The molecule has 4 aromatic rings. The number of rotatable bonds is 4. The second kappa shape index (κ2) is 6.88. The monoisotopic (exact) mass is 385 g/mol. The van der Waals surface area contributed by atoms with Crippen molar-refractivity contribution in [3.8, 4) is 11.3 Å². The molecule has 1 aliphatic rings. The van der Waals surface area contributed by atoms with Crippen LogP contribution in [0, 0.1) is 0 Å². The van der Waals surface area contributed by atoms with Crippen LogP contribution in [-0.2, 0) is 26.4 Å². The molecule has 0 spiro atoms. The molecule has 146 valence electrons. The third-order valence-corrected chi connectivity index (χ3v) is 5.77. The van der Waals surface area contributed by atoms with Gasteiger partial charge in [-0.3, -0.25) is 9.48 Å². The van der Waals surface area contributed by atoms with Crippen LogP contribution in [-0.4, -0.2) is 25.4 Å². The summed E-state index contributed by atoms with van der Waals surface area (Å²) in [6.45, 7) is 2.79. The summed E-state index contributed by atoms with van der Waals surface area (Å²) >= 11 is 0. The van der Waals surface area contributed by atoms with E-state index in [9.17, 15) is 4.79 Å². The standard InChI is InChI=1S/C23H23N5O/c1-3-28-14-20(21-8-9-25-27(21)2)22(29)19-12-18(13-24-23(19)28)26-17-10-15-6-4-5-7-16(15)11-17/h4-9,12-14,17,26H,3,10-11H2,1-2H3. The zero-order valence-corrected chi connectivity index (χ0v) is 16.6. The molecule has 5 rings (SSSR count). The third kappa shape index (κ3) is 3.01. The number of nitrogens with zero attached hydrogens (tertiary/aromatic N) is 4. The first-order valence-corrected chi connectivity index (χ1v) is 9.99. The number of fused-ring (bicyclic) bond motifs is 2. The van der Waals surface area contributed by atoms with E-state index >= 15 is 0 Å². The molecule has 0 saturated heterocycles. The van der Waals surface area contributed by atoms with Crippen LogP contribution in [0.1, 0.15) is 18.1 Å². The quantitative estimate of drug-likeness (QED) is 0.585. The summed E-state index contributed by atoms with van der Waals surface area (Å²) in [5.74, 6) is 0. The number of pyridine rings is 2. The maximum Gasteiger partial charge on any atom is 0.200 e. The number of aryl methyl sites for hydroxylation is 2. The predicted molar refractivity (Wildman–Crippen MR) is 115 cm³/mol. The van der Waals surface area contributed by atoms with Crippen LogP contribution in [0.25, 0.3) is 22.3 Å². The van der Waals surface area contributed by atoms with Crippen LogP contribution in [0.2, 0.25) is 0 Å². The number of benzene rings is 1. The highest BCUT2D eigenvalue weighted by molar-refractivity contribution is 5.83. The van der Waals surface area contributed by atoms with Gasteiger partial charge in [0, 0.05) is 32.0 Å². The molecule has 29 heavy (non-hydrogen) atoms. The van der Waals surface area contributed by atoms with Crippen molar-refractivity contribution in [1.29, 1.82) is 0 Å². The Balaban J connectivity index is 1.55. The molecular formula is C23H23N5O. The Labute approximate surface area is 168 Å². The van der Waals surface area contributed by atoms with Gasteiger partial charge in [-0.1, -0.05) is 24.3 Å². The topological polar surface area (TPSA) is 64.7 Å². The maximum atomic E-state index is 13.3. The predicted octanol–water partition coefficient (Wildman–Crippen LogP) is 3.40. The van der Waals surface area contributed by atoms with Crippen LogP contribution < -0.4 is 10.7 Å². The van der Waals surface area contributed by atoms with Crippen molar-refractivity contribution in [1.82, 2.24) is 19.3 Å². The van der Waals surface area contributed by atoms with Gasteiger partial charge in [-0.2, -0.15) is 5.10 Å². The van der Waals surface area contributed by atoms with Gasteiger partial charge in [-0.15, -0.1) is 0 Å². The number of nitrogens with one attached hydrogen (secondary N) is 1. The molecule has 1 N–H and O–H groups in total. The molecule has 0 radical (unpaired) electrons. The molecule has 3 aromatic heterocycles. The lowest BCUT2D eigenvalue weighted by Crippen LogP contribution is -2.20. The van der Waals surface area contributed by atoms with E-state index in [4.69, 9.17) is 0 Å². The largest absolute Gasteiger partial charge is 0.380 e. The molecule has 0 amide bonds. The van der Waals surface area contributed by atoms with Crippen LogP contribution >= 0.6 is 0 Å². The molecule has 0 unspecified atom stereocenters. The van der Waals surface area contributed by atoms with Crippen molar-refractivity contribution in [3.63, 3.8) is 0 Å². The van der Waals surface area contributed by atoms with E-state index in [1.165, 1.54) is 11.1 Å². The molecule has 0 saturated carbocycles. The van der Waals surface area contributed by atoms with Crippen LogP contribution in [0.4, 0.5) is 5.69 Å². The summed E-state index contributed by atoms with van der Waals surface area (Å²) in [4.78, 5) is 17.9. The fourth-order valence-electron chi connectivity index (χ4n) is 4.31. The minimum atomic E-state index is -0.0147. The Hall–Kier alpha value is -3.41. The van der Waals surface area contributed by atoms with Crippen LogP contribution in [0.3, 0.4) is 0 Å². The Morgan fingerprint density at radius 3 is 2.59 bits per heavy atom. The molecular weight excluding hydrogens is 362 g/mol. The summed E-state index contributed by atoms with van der Waals surface area (Å²) in [6.07, 6.45) is 7.41. The highest BCUT2D eigenvalue weighted by Gasteiger charge is 2.21. The number of hydrogen-bond acceptors (Lipinski definition) is 4. The molecule has 6 heteroatoms. The summed E-state index contributed by atoms with van der Waals surface area (Å²) in [7, 11) is 1.85. The van der Waals surface area contributed by atoms with Crippen molar-refractivity contribution in [2.75, 3.05) is 5.32 Å². The summed E-state index contributed by atoms with van der Waals surface area (Å²) in [6, 6.07) is 12.7.